The molecule has 2 atom stereocenters. The number of nitrogens with one attached hydrogen (secondary N) is 1. The Labute approximate surface area is 218 Å². The number of anilines is 1. The highest BCUT2D eigenvalue weighted by Crippen LogP contribution is 2.45. The number of benzene rings is 2. The Morgan fingerprint density at radius 3 is 2.51 bits per heavy atom. The number of pyridine rings is 1. The predicted octanol–water partition coefficient (Wildman–Crippen LogP) is 5.72. The minimum absolute atomic E-state index is 0.0482. The molecule has 3 heterocycles. The van der Waals surface area contributed by atoms with E-state index in [0.717, 1.165) is 22.6 Å². The number of ether oxygens (including phenoxy) is 1. The van der Waals surface area contributed by atoms with Gasteiger partial charge in [-0.3, -0.25) is 15.1 Å². The molecule has 8 nitrogen and oxygen atoms in total. The second-order valence-corrected chi connectivity index (χ2v) is 9.11. The SMILES string of the molecule is COc1ccc([N+](=O)[O-])cc1-n1c(C)cc([C@@H]2[C@H](c3ccccn3)NC(=S)N2c2ccccc2F)c1C. The van der Waals surface area contributed by atoms with Gasteiger partial charge in [-0.15, -0.1) is 0 Å². The third-order valence-electron chi connectivity index (χ3n) is 6.61. The summed E-state index contributed by atoms with van der Waals surface area (Å²) in [7, 11) is 1.52. The molecule has 5 rings (SSSR count). The first kappa shape index (κ1) is 24.4. The van der Waals surface area contributed by atoms with Crippen molar-refractivity contribution in [3.8, 4) is 11.4 Å². The summed E-state index contributed by atoms with van der Waals surface area (Å²) in [5.74, 6) is 0.0961. The Morgan fingerprint density at radius 2 is 1.84 bits per heavy atom. The van der Waals surface area contributed by atoms with E-state index in [2.05, 4.69) is 10.3 Å². The normalized spacial score (nSPS) is 17.1. The van der Waals surface area contributed by atoms with Gasteiger partial charge in [0.15, 0.2) is 5.11 Å². The molecule has 2 aromatic heterocycles. The molecule has 2 aromatic carbocycles. The van der Waals surface area contributed by atoms with Crippen molar-refractivity contribution in [2.45, 2.75) is 25.9 Å². The summed E-state index contributed by atoms with van der Waals surface area (Å²) in [6, 6.07) is 17.8. The van der Waals surface area contributed by atoms with Gasteiger partial charge < -0.3 is 19.5 Å². The van der Waals surface area contributed by atoms with Crippen LogP contribution in [0.25, 0.3) is 5.69 Å². The fourth-order valence-corrected chi connectivity index (χ4v) is 5.34. The van der Waals surface area contributed by atoms with Gasteiger partial charge in [0.1, 0.15) is 11.6 Å². The van der Waals surface area contributed by atoms with E-state index in [9.17, 15) is 10.1 Å². The standard InChI is InChI=1S/C27H24FN5O3S/c1-16-14-19(17(2)31(16)23-15-18(33(34)35)11-12-24(23)36-3)26-25(21-9-6-7-13-29-21)30-27(37)32(26)22-10-5-4-8-20(22)28/h4-15,25-26H,1-3H3,(H,30,37)/t25-,26+/m0/s1. The van der Waals surface area contributed by atoms with Gasteiger partial charge in [-0.05, 0) is 68.0 Å². The summed E-state index contributed by atoms with van der Waals surface area (Å²) in [5, 5.41) is 15.2. The number of halogens is 1. The molecule has 0 amide bonds. The average Bonchev–Trinajstić information content (AvgIpc) is 3.39. The highest BCUT2D eigenvalue weighted by Gasteiger charge is 2.43. The van der Waals surface area contributed by atoms with Crippen molar-refractivity contribution in [1.29, 1.82) is 0 Å². The third kappa shape index (κ3) is 4.19. The van der Waals surface area contributed by atoms with Crippen molar-refractivity contribution < 1.29 is 14.1 Å². The average molecular weight is 518 g/mol. The Hall–Kier alpha value is -4.31. The molecule has 1 aliphatic rings. The molecule has 1 fully saturated rings. The second-order valence-electron chi connectivity index (χ2n) is 8.72. The van der Waals surface area contributed by atoms with Gasteiger partial charge in [-0.1, -0.05) is 18.2 Å². The van der Waals surface area contributed by atoms with Crippen LogP contribution < -0.4 is 15.0 Å². The topological polar surface area (TPSA) is 85.5 Å². The maximum absolute atomic E-state index is 15.1. The van der Waals surface area contributed by atoms with Gasteiger partial charge in [-0.25, -0.2) is 4.39 Å². The van der Waals surface area contributed by atoms with Crippen LogP contribution in [0.5, 0.6) is 5.75 Å². The first-order chi connectivity index (χ1) is 17.8. The van der Waals surface area contributed by atoms with Gasteiger partial charge in [0.25, 0.3) is 5.69 Å². The smallest absolute Gasteiger partial charge is 0.271 e. The molecule has 0 aliphatic carbocycles. The molecule has 0 radical (unpaired) electrons. The highest BCUT2D eigenvalue weighted by atomic mass is 32.1. The lowest BCUT2D eigenvalue weighted by molar-refractivity contribution is -0.384. The lowest BCUT2D eigenvalue weighted by Crippen LogP contribution is -2.30. The van der Waals surface area contributed by atoms with E-state index < -0.39 is 16.8 Å². The van der Waals surface area contributed by atoms with Crippen LogP contribution in [-0.2, 0) is 0 Å². The number of rotatable bonds is 6. The summed E-state index contributed by atoms with van der Waals surface area (Å²) >= 11 is 5.72. The van der Waals surface area contributed by atoms with Crippen molar-refractivity contribution in [3.63, 3.8) is 0 Å². The van der Waals surface area contributed by atoms with Crippen LogP contribution in [0.1, 0.15) is 34.7 Å². The summed E-state index contributed by atoms with van der Waals surface area (Å²) in [5.41, 5.74) is 4.11. The van der Waals surface area contributed by atoms with Gasteiger partial charge in [-0.2, -0.15) is 0 Å². The number of hydrogen-bond acceptors (Lipinski definition) is 5. The molecule has 188 valence electrons. The van der Waals surface area contributed by atoms with Crippen LogP contribution in [-0.4, -0.2) is 26.7 Å². The molecule has 1 N–H and O–H groups in total. The molecule has 0 bridgehead atoms. The van der Waals surface area contributed by atoms with Crippen molar-refractivity contribution in [2.24, 2.45) is 0 Å². The number of methoxy groups -OCH3 is 1. The zero-order chi connectivity index (χ0) is 26.3. The zero-order valence-corrected chi connectivity index (χ0v) is 21.2. The highest BCUT2D eigenvalue weighted by molar-refractivity contribution is 7.80. The number of nitro benzene ring substituents is 1. The van der Waals surface area contributed by atoms with E-state index in [1.165, 1.54) is 25.3 Å². The first-order valence-electron chi connectivity index (χ1n) is 11.6. The Morgan fingerprint density at radius 1 is 1.08 bits per heavy atom. The quantitative estimate of drug-likeness (QED) is 0.199. The van der Waals surface area contributed by atoms with E-state index in [0.29, 0.717) is 22.2 Å². The molecule has 37 heavy (non-hydrogen) atoms. The number of thiocarbonyl (C=S) groups is 1. The zero-order valence-electron chi connectivity index (χ0n) is 20.4. The predicted molar refractivity (Wildman–Crippen MR) is 143 cm³/mol. The summed E-state index contributed by atoms with van der Waals surface area (Å²) < 4.78 is 22.5. The summed E-state index contributed by atoms with van der Waals surface area (Å²) in [4.78, 5) is 17.4. The first-order valence-corrected chi connectivity index (χ1v) is 12.0. The van der Waals surface area contributed by atoms with Gasteiger partial charge in [0.05, 0.1) is 41.2 Å². The number of hydrogen-bond donors (Lipinski definition) is 1. The maximum Gasteiger partial charge on any atom is 0.271 e. The monoisotopic (exact) mass is 517 g/mol. The van der Waals surface area contributed by atoms with E-state index >= 15 is 4.39 Å². The molecular weight excluding hydrogens is 493 g/mol. The number of aryl methyl sites for hydroxylation is 1. The largest absolute Gasteiger partial charge is 0.495 e. The number of para-hydroxylation sites is 1. The molecule has 10 heteroatoms. The van der Waals surface area contributed by atoms with E-state index in [1.807, 2.05) is 42.7 Å². The Balaban J connectivity index is 1.72. The number of non-ortho nitro benzene ring substituents is 1. The molecule has 1 saturated heterocycles. The minimum Gasteiger partial charge on any atom is -0.495 e. The third-order valence-corrected chi connectivity index (χ3v) is 6.93. The van der Waals surface area contributed by atoms with Crippen molar-refractivity contribution in [1.82, 2.24) is 14.9 Å². The van der Waals surface area contributed by atoms with Gasteiger partial charge in [0.2, 0.25) is 0 Å². The second kappa shape index (κ2) is 9.62. The summed E-state index contributed by atoms with van der Waals surface area (Å²) in [6.07, 6.45) is 1.71. The van der Waals surface area contributed by atoms with Crippen molar-refractivity contribution >= 4 is 28.7 Å². The lowest BCUT2D eigenvalue weighted by atomic mass is 9.96. The molecule has 0 saturated carbocycles. The van der Waals surface area contributed by atoms with E-state index in [-0.39, 0.29) is 11.7 Å². The van der Waals surface area contributed by atoms with Crippen molar-refractivity contribution in [3.05, 3.63) is 112 Å². The minimum atomic E-state index is -0.441. The Bertz CT molecular complexity index is 1510. The van der Waals surface area contributed by atoms with Crippen LogP contribution in [0.3, 0.4) is 0 Å². The van der Waals surface area contributed by atoms with Crippen LogP contribution >= 0.6 is 12.2 Å². The van der Waals surface area contributed by atoms with Gasteiger partial charge >= 0.3 is 0 Å². The van der Waals surface area contributed by atoms with Crippen LogP contribution in [0.15, 0.2) is 72.9 Å². The van der Waals surface area contributed by atoms with E-state index in [1.54, 1.807) is 35.4 Å². The lowest BCUT2D eigenvalue weighted by Gasteiger charge is -2.28. The van der Waals surface area contributed by atoms with Crippen LogP contribution in [0, 0.1) is 29.8 Å². The molecular formula is C27H24FN5O3S. The maximum atomic E-state index is 15.1. The molecule has 0 spiro atoms. The van der Waals surface area contributed by atoms with Gasteiger partial charge in [0, 0.05) is 29.7 Å². The molecule has 1 aliphatic heterocycles. The molecule has 4 aromatic rings. The Kier molecular flexibility index (Phi) is 6.34. The van der Waals surface area contributed by atoms with E-state index in [4.69, 9.17) is 17.0 Å². The summed E-state index contributed by atoms with van der Waals surface area (Å²) in [6.45, 7) is 3.84. The number of aromatic nitrogens is 2. The van der Waals surface area contributed by atoms with Crippen molar-refractivity contribution in [2.75, 3.05) is 12.0 Å². The van der Waals surface area contributed by atoms with Crippen LogP contribution in [0.2, 0.25) is 0 Å². The fraction of sp³-hybridized carbons (Fsp3) is 0.185. The number of nitro groups is 1. The van der Waals surface area contributed by atoms with Crippen LogP contribution in [0.4, 0.5) is 15.8 Å². The fourth-order valence-electron chi connectivity index (χ4n) is 5.00. The number of nitrogens with zero attached hydrogens (tertiary/aromatic N) is 4. The molecule has 0 unspecified atom stereocenters.